The van der Waals surface area contributed by atoms with E-state index >= 15 is 0 Å². The maximum Gasteiger partial charge on any atom is 0.303 e. The number of unbranched alkanes of at least 4 members (excludes halogenated alkanes) is 2. The highest BCUT2D eigenvalue weighted by Crippen LogP contribution is 2.44. The van der Waals surface area contributed by atoms with Crippen LogP contribution in [0, 0.1) is 6.92 Å². The molecule has 1 atom stereocenters. The summed E-state index contributed by atoms with van der Waals surface area (Å²) >= 11 is 0. The van der Waals surface area contributed by atoms with Crippen molar-refractivity contribution < 1.29 is 90.0 Å². The highest BCUT2D eigenvalue weighted by Gasteiger charge is 2.48. The van der Waals surface area contributed by atoms with E-state index < -0.39 is 68.3 Å². The number of allylic oxidation sites excluding steroid dienone is 4. The van der Waals surface area contributed by atoms with Gasteiger partial charge in [0.1, 0.15) is 6.54 Å². The average Bonchev–Trinajstić information content (AvgIpc) is 3.45. The Hall–Kier alpha value is -3.70. The van der Waals surface area contributed by atoms with Crippen LogP contribution in [0.1, 0.15) is 69.4 Å². The van der Waals surface area contributed by atoms with Crippen molar-refractivity contribution in [1.29, 1.82) is 0 Å². The normalized spacial score (nSPS) is 16.0. The molecule has 0 saturated heterocycles. The predicted molar refractivity (Wildman–Crippen MR) is 252 cm³/mol. The molecule has 25 heteroatoms. The van der Waals surface area contributed by atoms with Gasteiger partial charge in [-0.1, -0.05) is 6.08 Å². The maximum atomic E-state index is 12.4. The highest BCUT2D eigenvalue weighted by atomic mass is 32.2. The first-order valence-corrected chi connectivity index (χ1v) is 27.9. The Balaban J connectivity index is 2.08. The summed E-state index contributed by atoms with van der Waals surface area (Å²) in [5.41, 5.74) is 1.71. The first-order chi connectivity index (χ1) is 31.9. The van der Waals surface area contributed by atoms with Crippen LogP contribution in [0.25, 0.3) is 0 Å². The van der Waals surface area contributed by atoms with Gasteiger partial charge in [0, 0.05) is 55.6 Å². The Morgan fingerprint density at radius 2 is 1.24 bits per heavy atom. The number of ether oxygens (including phenoxy) is 5. The number of aliphatic carboxylic acids is 1. The van der Waals surface area contributed by atoms with Crippen LogP contribution in [0.3, 0.4) is 0 Å². The number of carboxylic acid groups (broad SMARTS) is 1. The first kappa shape index (κ1) is 58.6. The SMILES string of the molecule is COCCOCCOCCOCCOCCN(/C(=C/C=C/C1=[N+](CCCCCC(=O)O)c2ccc(S(=O)(=O)O)cc2C1(C)CCCS(=O)(=O)O)CCCS(=O)(=O)O)c1ccc(S(=O)(=O)O)cc1C. The number of rotatable bonds is 35. The second-order valence-corrected chi connectivity index (χ2v) is 22.0. The highest BCUT2D eigenvalue weighted by molar-refractivity contribution is 7.86. The summed E-state index contributed by atoms with van der Waals surface area (Å²) < 4.78 is 165. The number of carbonyl (C=O) groups is 1. The summed E-state index contributed by atoms with van der Waals surface area (Å²) in [6.07, 6.45) is 6.30. The molecule has 1 unspecified atom stereocenters. The molecule has 2 aromatic rings. The molecule has 0 aromatic heterocycles. The van der Waals surface area contributed by atoms with Gasteiger partial charge in [0.25, 0.3) is 40.5 Å². The fraction of sp³-hybridized carbons (Fsp3) is 0.581. The van der Waals surface area contributed by atoms with Crippen LogP contribution in [0.2, 0.25) is 0 Å². The minimum absolute atomic E-state index is 0.0380. The lowest BCUT2D eigenvalue weighted by molar-refractivity contribution is -0.438. The van der Waals surface area contributed by atoms with Gasteiger partial charge in [-0.2, -0.15) is 38.2 Å². The summed E-state index contributed by atoms with van der Waals surface area (Å²) in [5.74, 6) is -2.17. The van der Waals surface area contributed by atoms with E-state index in [0.717, 1.165) is 0 Å². The Morgan fingerprint density at radius 1 is 0.691 bits per heavy atom. The summed E-state index contributed by atoms with van der Waals surface area (Å²) in [5, 5.41) is 9.19. The fourth-order valence-electron chi connectivity index (χ4n) is 7.59. The standard InChI is InChI=1S/C43H64N2O19S4/c1-34-32-36(67(54,55)56)14-16-39(34)44(20-21-61-24-25-63-28-29-64-27-26-62-23-22-60-3)35(11-8-30-65(48,49)50)10-7-12-41-43(2,18-9-31-66(51,52)53)38-33-37(68(57,58)59)15-17-40(38)45(41)19-6-4-5-13-42(46)47/h7,10,12,14-17,32-33H,4-6,8-9,11,13,18-31H2,1-3H3,(H4-,46,47,48,49,50,51,52,53,54,55,56,57,58,59)/p+1. The van der Waals surface area contributed by atoms with Gasteiger partial charge in [-0.25, -0.2) is 0 Å². The monoisotopic (exact) mass is 1040 g/mol. The van der Waals surface area contributed by atoms with Gasteiger partial charge < -0.3 is 33.7 Å². The molecule has 0 saturated carbocycles. The molecule has 5 N–H and O–H groups in total. The topological polar surface area (TPSA) is 307 Å². The molecule has 1 aliphatic rings. The smallest absolute Gasteiger partial charge is 0.303 e. The van der Waals surface area contributed by atoms with Crippen LogP contribution in [-0.2, 0) is 74.4 Å². The lowest BCUT2D eigenvalue weighted by Crippen LogP contribution is -2.32. The van der Waals surface area contributed by atoms with E-state index in [1.54, 1.807) is 44.1 Å². The molecule has 0 fully saturated rings. The molecule has 68 heavy (non-hydrogen) atoms. The van der Waals surface area contributed by atoms with Crippen molar-refractivity contribution in [3.8, 4) is 0 Å². The zero-order chi connectivity index (χ0) is 50.6. The van der Waals surface area contributed by atoms with Crippen molar-refractivity contribution in [3.05, 3.63) is 71.5 Å². The third kappa shape index (κ3) is 20.3. The van der Waals surface area contributed by atoms with Gasteiger partial charge in [0.05, 0.1) is 86.2 Å². The van der Waals surface area contributed by atoms with Gasteiger partial charge in [-0.05, 0) is 94.3 Å². The molecule has 0 spiro atoms. The second kappa shape index (κ2) is 27.6. The zero-order valence-corrected chi connectivity index (χ0v) is 41.8. The second-order valence-electron chi connectivity index (χ2n) is 16.0. The summed E-state index contributed by atoms with van der Waals surface area (Å²) in [7, 11) is -16.5. The molecular formula is C43H65N2O19S4+. The molecule has 3 rings (SSSR count). The number of carboxylic acids is 1. The van der Waals surface area contributed by atoms with Gasteiger partial charge in [0.2, 0.25) is 5.69 Å². The molecule has 21 nitrogen and oxygen atoms in total. The number of methoxy groups -OCH3 is 1. The lowest BCUT2D eigenvalue weighted by Gasteiger charge is -2.29. The zero-order valence-electron chi connectivity index (χ0n) is 38.5. The van der Waals surface area contributed by atoms with E-state index in [-0.39, 0.29) is 63.4 Å². The van der Waals surface area contributed by atoms with Gasteiger partial charge in [0.15, 0.2) is 5.71 Å². The lowest BCUT2D eigenvalue weighted by atomic mass is 9.76. The molecule has 1 aliphatic heterocycles. The number of fused-ring (bicyclic) bond motifs is 1. The summed E-state index contributed by atoms with van der Waals surface area (Å²) in [6.45, 7) is 6.65. The Bertz CT molecular complexity index is 2530. The summed E-state index contributed by atoms with van der Waals surface area (Å²) in [4.78, 5) is 12.2. The molecule has 0 amide bonds. The third-order valence-electron chi connectivity index (χ3n) is 10.8. The maximum absolute atomic E-state index is 12.4. The predicted octanol–water partition coefficient (Wildman–Crippen LogP) is 4.49. The third-order valence-corrected chi connectivity index (χ3v) is 14.2. The molecule has 1 heterocycles. The van der Waals surface area contributed by atoms with Crippen LogP contribution in [-0.4, -0.2) is 164 Å². The molecule has 0 radical (unpaired) electrons. The molecule has 384 valence electrons. The summed E-state index contributed by atoms with van der Waals surface area (Å²) in [6, 6.07) is 7.98. The number of hydrogen-bond acceptors (Lipinski definition) is 15. The van der Waals surface area contributed by atoms with Crippen molar-refractivity contribution in [3.63, 3.8) is 0 Å². The first-order valence-electron chi connectivity index (χ1n) is 21.8. The molecule has 0 bridgehead atoms. The van der Waals surface area contributed by atoms with Gasteiger partial charge in [-0.15, -0.1) is 0 Å². The van der Waals surface area contributed by atoms with Crippen molar-refractivity contribution in [2.45, 2.75) is 80.4 Å². The van der Waals surface area contributed by atoms with E-state index in [4.69, 9.17) is 23.7 Å². The molecular weight excluding hydrogens is 977 g/mol. The Labute approximate surface area is 399 Å². The van der Waals surface area contributed by atoms with Crippen molar-refractivity contribution in [2.75, 3.05) is 96.1 Å². The minimum Gasteiger partial charge on any atom is -0.481 e. The van der Waals surface area contributed by atoms with Crippen LogP contribution < -0.4 is 4.90 Å². The molecule has 0 aliphatic carbocycles. The largest absolute Gasteiger partial charge is 0.481 e. The van der Waals surface area contributed by atoms with Crippen molar-refractivity contribution in [2.24, 2.45) is 0 Å². The van der Waals surface area contributed by atoms with Crippen LogP contribution in [0.4, 0.5) is 11.4 Å². The van der Waals surface area contributed by atoms with Crippen molar-refractivity contribution >= 4 is 63.5 Å². The number of hydrogen-bond donors (Lipinski definition) is 5. The number of anilines is 1. The number of aryl methyl sites for hydroxylation is 1. The van der Waals surface area contributed by atoms with E-state index in [9.17, 15) is 61.8 Å². The van der Waals surface area contributed by atoms with E-state index in [0.29, 0.717) is 99.4 Å². The Kier molecular flexibility index (Phi) is 23.8. The van der Waals surface area contributed by atoms with Crippen LogP contribution >= 0.6 is 0 Å². The van der Waals surface area contributed by atoms with Crippen molar-refractivity contribution in [1.82, 2.24) is 0 Å². The van der Waals surface area contributed by atoms with Gasteiger partial charge >= 0.3 is 5.97 Å². The van der Waals surface area contributed by atoms with Crippen LogP contribution in [0.15, 0.2) is 70.1 Å². The fourth-order valence-corrected chi connectivity index (χ4v) is 9.68. The molecule has 2 aromatic carbocycles. The number of benzene rings is 2. The minimum atomic E-state index is -4.70. The average molecular weight is 1040 g/mol. The van der Waals surface area contributed by atoms with E-state index in [1.807, 2.05) is 4.58 Å². The Morgan fingerprint density at radius 3 is 1.78 bits per heavy atom. The van der Waals surface area contributed by atoms with E-state index in [1.165, 1.54) is 36.4 Å². The quantitative estimate of drug-likeness (QED) is 0.0275. The van der Waals surface area contributed by atoms with Gasteiger partial charge in [-0.3, -0.25) is 23.0 Å². The number of nitrogens with zero attached hydrogens (tertiary/aromatic N) is 2. The van der Waals surface area contributed by atoms with Crippen LogP contribution in [0.5, 0.6) is 0 Å². The van der Waals surface area contributed by atoms with E-state index in [2.05, 4.69) is 0 Å².